The highest BCUT2D eigenvalue weighted by molar-refractivity contribution is 7.88. The van der Waals surface area contributed by atoms with Crippen LogP contribution in [-0.2, 0) is 14.9 Å². The van der Waals surface area contributed by atoms with Crippen LogP contribution in [0.2, 0.25) is 0 Å². The average Bonchev–Trinajstić information content (AvgIpc) is 1.98. The average molecular weight is 252 g/mol. The molecule has 1 atom stereocenters. The van der Waals surface area contributed by atoms with Gasteiger partial charge >= 0.3 is 16.3 Å². The van der Waals surface area contributed by atoms with Crippen molar-refractivity contribution in [3.8, 4) is 0 Å². The van der Waals surface area contributed by atoms with Crippen LogP contribution in [0.5, 0.6) is 0 Å². The van der Waals surface area contributed by atoms with Crippen LogP contribution in [0.25, 0.3) is 0 Å². The molecule has 0 radical (unpaired) electrons. The Hall–Kier alpha value is -1.35. The highest BCUT2D eigenvalue weighted by atomic mass is 32.2. The van der Waals surface area contributed by atoms with E-state index in [2.05, 4.69) is 9.46 Å². The molecule has 0 heterocycles. The number of carbonyl (C=O) groups is 1. The number of hydrogen-bond acceptors (Lipinski definition) is 5. The van der Waals surface area contributed by atoms with E-state index in [1.807, 2.05) is 0 Å². The third-order valence-electron chi connectivity index (χ3n) is 1.38. The Morgan fingerprint density at radius 2 is 2.12 bits per heavy atom. The molecule has 8 nitrogen and oxygen atoms in total. The van der Waals surface area contributed by atoms with Gasteiger partial charge in [-0.25, -0.2) is 9.52 Å². The molecular weight excluding hydrogens is 236 g/mol. The highest BCUT2D eigenvalue weighted by Gasteiger charge is 2.18. The van der Waals surface area contributed by atoms with Gasteiger partial charge in [-0.05, 0) is 13.8 Å². The second-order valence-corrected chi connectivity index (χ2v) is 4.52. The summed E-state index contributed by atoms with van der Waals surface area (Å²) in [7, 11) is -3.97. The molecular formula is C7H16N4O4S. The van der Waals surface area contributed by atoms with Crippen molar-refractivity contribution in [3.63, 3.8) is 0 Å². The molecule has 0 aliphatic rings. The summed E-state index contributed by atoms with van der Waals surface area (Å²) in [6.07, 6.45) is -0.992. The van der Waals surface area contributed by atoms with Crippen LogP contribution < -0.4 is 15.2 Å². The second kappa shape index (κ2) is 6.28. The fourth-order valence-electron chi connectivity index (χ4n) is 0.936. The normalized spacial score (nSPS) is 12.9. The number of amidine groups is 1. The van der Waals surface area contributed by atoms with Crippen molar-refractivity contribution in [3.05, 3.63) is 0 Å². The van der Waals surface area contributed by atoms with Gasteiger partial charge in [0.1, 0.15) is 0 Å². The minimum absolute atomic E-state index is 0.0593. The molecule has 9 heteroatoms. The van der Waals surface area contributed by atoms with Crippen molar-refractivity contribution in [2.24, 2.45) is 5.73 Å². The fourth-order valence-corrected chi connectivity index (χ4v) is 1.89. The van der Waals surface area contributed by atoms with Gasteiger partial charge in [0.2, 0.25) is 0 Å². The number of nitrogens with one attached hydrogen (secondary N) is 3. The molecule has 0 rings (SSSR count). The first-order chi connectivity index (χ1) is 7.26. The van der Waals surface area contributed by atoms with E-state index in [-0.39, 0.29) is 18.9 Å². The van der Waals surface area contributed by atoms with Gasteiger partial charge < -0.3 is 10.5 Å². The summed E-state index contributed by atoms with van der Waals surface area (Å²) in [6, 6.07) is -0.579. The Kier molecular flexibility index (Phi) is 5.75. The van der Waals surface area contributed by atoms with Crippen LogP contribution in [0, 0.1) is 5.41 Å². The van der Waals surface area contributed by atoms with Crippen LogP contribution in [0.1, 0.15) is 20.3 Å². The van der Waals surface area contributed by atoms with Gasteiger partial charge in [0.25, 0.3) is 0 Å². The molecule has 0 spiro atoms. The van der Waals surface area contributed by atoms with E-state index >= 15 is 0 Å². The van der Waals surface area contributed by atoms with Gasteiger partial charge in [0.05, 0.1) is 12.4 Å². The third kappa shape index (κ3) is 7.01. The first kappa shape index (κ1) is 14.6. The largest absolute Gasteiger partial charge is 0.449 e. The number of nitrogens with two attached hydrogens (primary N) is 1. The Labute approximate surface area is 94.2 Å². The van der Waals surface area contributed by atoms with Gasteiger partial charge in [-0.15, -0.1) is 0 Å². The zero-order chi connectivity index (χ0) is 12.8. The van der Waals surface area contributed by atoms with Gasteiger partial charge in [-0.1, -0.05) is 0 Å². The molecule has 1 unspecified atom stereocenters. The standard InChI is InChI=1S/C7H16N4O4S/c1-3-15-7(12)11-16(13,14)10-5(2)4-6(8)9/h5,10H,3-4H2,1-2H3,(H3,8,9)(H,11,12). The first-order valence-electron chi connectivity index (χ1n) is 4.56. The molecule has 0 aromatic heterocycles. The SMILES string of the molecule is CCOC(=O)NS(=O)(=O)NC(C)CC(=N)N. The first-order valence-corrected chi connectivity index (χ1v) is 6.05. The number of carbonyl (C=O) groups excluding carboxylic acids is 1. The van der Waals surface area contributed by atoms with Crippen molar-refractivity contribution in [2.45, 2.75) is 26.3 Å². The maximum Gasteiger partial charge on any atom is 0.421 e. The Balaban J connectivity index is 4.24. The lowest BCUT2D eigenvalue weighted by atomic mass is 10.2. The lowest BCUT2D eigenvalue weighted by Crippen LogP contribution is -2.45. The van der Waals surface area contributed by atoms with Crippen LogP contribution in [0.15, 0.2) is 0 Å². The van der Waals surface area contributed by atoms with Crippen LogP contribution in [0.3, 0.4) is 0 Å². The number of rotatable bonds is 6. The smallest absolute Gasteiger partial charge is 0.421 e. The quantitative estimate of drug-likeness (QED) is 0.365. The minimum Gasteiger partial charge on any atom is -0.449 e. The van der Waals surface area contributed by atoms with Crippen molar-refractivity contribution in [1.29, 1.82) is 5.41 Å². The Morgan fingerprint density at radius 3 is 2.56 bits per heavy atom. The van der Waals surface area contributed by atoms with Gasteiger partial charge in [-0.2, -0.15) is 13.1 Å². The Morgan fingerprint density at radius 1 is 1.56 bits per heavy atom. The minimum atomic E-state index is -3.97. The molecule has 0 aliphatic carbocycles. The summed E-state index contributed by atoms with van der Waals surface area (Å²) >= 11 is 0. The molecule has 5 N–H and O–H groups in total. The van der Waals surface area contributed by atoms with E-state index in [0.717, 1.165) is 0 Å². The zero-order valence-electron chi connectivity index (χ0n) is 9.11. The number of hydrogen-bond donors (Lipinski definition) is 4. The molecule has 0 fully saturated rings. The molecule has 1 amide bonds. The molecule has 0 bridgehead atoms. The second-order valence-electron chi connectivity index (χ2n) is 3.07. The van der Waals surface area contributed by atoms with E-state index < -0.39 is 22.3 Å². The van der Waals surface area contributed by atoms with E-state index in [1.54, 1.807) is 11.6 Å². The molecule has 0 aromatic carbocycles. The Bertz CT molecular complexity index is 353. The number of amides is 1. The van der Waals surface area contributed by atoms with E-state index in [4.69, 9.17) is 11.1 Å². The summed E-state index contributed by atoms with van der Waals surface area (Å²) in [6.45, 7) is 3.15. The van der Waals surface area contributed by atoms with Crippen molar-refractivity contribution in [2.75, 3.05) is 6.61 Å². The van der Waals surface area contributed by atoms with Crippen LogP contribution in [0.4, 0.5) is 4.79 Å². The van der Waals surface area contributed by atoms with Crippen molar-refractivity contribution in [1.82, 2.24) is 9.44 Å². The maximum atomic E-state index is 11.3. The van der Waals surface area contributed by atoms with Gasteiger partial charge in [-0.3, -0.25) is 5.41 Å². The van der Waals surface area contributed by atoms with Gasteiger partial charge in [0, 0.05) is 12.5 Å². The molecule has 16 heavy (non-hydrogen) atoms. The molecule has 0 saturated heterocycles. The summed E-state index contributed by atoms with van der Waals surface area (Å²) < 4.78 is 30.7. The summed E-state index contributed by atoms with van der Waals surface area (Å²) in [5, 5.41) is 6.97. The maximum absolute atomic E-state index is 11.3. The molecule has 0 aliphatic heterocycles. The van der Waals surface area contributed by atoms with Crippen molar-refractivity contribution >= 4 is 22.1 Å². The third-order valence-corrected chi connectivity index (χ3v) is 2.52. The van der Waals surface area contributed by atoms with Crippen LogP contribution >= 0.6 is 0 Å². The number of ether oxygens (including phenoxy) is 1. The summed E-state index contributed by atoms with van der Waals surface area (Å²) in [5.41, 5.74) is 5.10. The monoisotopic (exact) mass is 252 g/mol. The topological polar surface area (TPSA) is 134 Å². The lowest BCUT2D eigenvalue weighted by Gasteiger charge is -2.13. The predicted molar refractivity (Wildman–Crippen MR) is 58.2 cm³/mol. The van der Waals surface area contributed by atoms with Gasteiger partial charge in [0.15, 0.2) is 0 Å². The molecule has 0 saturated carbocycles. The van der Waals surface area contributed by atoms with E-state index in [9.17, 15) is 13.2 Å². The summed E-state index contributed by atoms with van der Waals surface area (Å²) in [4.78, 5) is 10.8. The van der Waals surface area contributed by atoms with Crippen LogP contribution in [-0.4, -0.2) is 33.0 Å². The highest BCUT2D eigenvalue weighted by Crippen LogP contribution is 1.92. The predicted octanol–water partition coefficient (Wildman–Crippen LogP) is -0.719. The summed E-state index contributed by atoms with van der Waals surface area (Å²) in [5.74, 6) is -0.147. The van der Waals surface area contributed by atoms with E-state index in [0.29, 0.717) is 0 Å². The van der Waals surface area contributed by atoms with Crippen molar-refractivity contribution < 1.29 is 17.9 Å². The molecule has 0 aromatic rings. The fraction of sp³-hybridized carbons (Fsp3) is 0.714. The zero-order valence-corrected chi connectivity index (χ0v) is 9.93. The lowest BCUT2D eigenvalue weighted by molar-refractivity contribution is 0.158. The molecule has 94 valence electrons. The van der Waals surface area contributed by atoms with E-state index in [1.165, 1.54) is 6.92 Å².